The van der Waals surface area contributed by atoms with E-state index >= 15 is 0 Å². The van der Waals surface area contributed by atoms with Crippen molar-refractivity contribution >= 4 is 37.6 Å². The van der Waals surface area contributed by atoms with E-state index in [1.54, 1.807) is 6.20 Å². The first-order chi connectivity index (χ1) is 9.65. The molecule has 0 bridgehead atoms. The van der Waals surface area contributed by atoms with E-state index in [2.05, 4.69) is 47.0 Å². The summed E-state index contributed by atoms with van der Waals surface area (Å²) in [5, 5.41) is 3.94. The molecule has 0 spiro atoms. The number of hydrogen-bond acceptors (Lipinski definition) is 5. The van der Waals surface area contributed by atoms with Crippen molar-refractivity contribution in [2.75, 3.05) is 0 Å². The van der Waals surface area contributed by atoms with Crippen molar-refractivity contribution in [2.45, 2.75) is 31.6 Å². The standard InChI is InChI=1S/C13H11Br2N3O2/c14-7-5-9(15)11(16-6-7)12-17-13(20-18-12)8-3-1-2-4-10(8)19/h5-6,8H,1-4H2. The van der Waals surface area contributed by atoms with Gasteiger partial charge >= 0.3 is 0 Å². The molecule has 1 fully saturated rings. The Hall–Kier alpha value is -1.08. The Kier molecular flexibility index (Phi) is 3.98. The fourth-order valence-electron chi connectivity index (χ4n) is 2.30. The maximum Gasteiger partial charge on any atom is 0.237 e. The number of nitrogens with zero attached hydrogens (tertiary/aromatic N) is 3. The van der Waals surface area contributed by atoms with Crippen LogP contribution in [0.2, 0.25) is 0 Å². The van der Waals surface area contributed by atoms with Crippen molar-refractivity contribution in [1.82, 2.24) is 15.1 Å². The van der Waals surface area contributed by atoms with Crippen LogP contribution >= 0.6 is 31.9 Å². The maximum absolute atomic E-state index is 11.9. The first kappa shape index (κ1) is 13.9. The molecule has 0 aliphatic heterocycles. The summed E-state index contributed by atoms with van der Waals surface area (Å²) in [6.45, 7) is 0. The number of rotatable bonds is 2. The number of hydrogen-bond donors (Lipinski definition) is 0. The number of halogens is 2. The predicted molar refractivity (Wildman–Crippen MR) is 79.1 cm³/mol. The molecule has 1 aliphatic carbocycles. The van der Waals surface area contributed by atoms with Gasteiger partial charge in [0.15, 0.2) is 0 Å². The van der Waals surface area contributed by atoms with Gasteiger partial charge in [0.25, 0.3) is 0 Å². The summed E-state index contributed by atoms with van der Waals surface area (Å²) >= 11 is 6.76. The summed E-state index contributed by atoms with van der Waals surface area (Å²) in [6.07, 6.45) is 5.03. The van der Waals surface area contributed by atoms with Crippen molar-refractivity contribution in [3.63, 3.8) is 0 Å². The highest BCUT2D eigenvalue weighted by Crippen LogP contribution is 2.31. The van der Waals surface area contributed by atoms with Gasteiger partial charge in [-0.05, 0) is 50.8 Å². The topological polar surface area (TPSA) is 68.9 Å². The Morgan fingerprint density at radius 3 is 2.90 bits per heavy atom. The Balaban J connectivity index is 1.91. The highest BCUT2D eigenvalue weighted by atomic mass is 79.9. The number of aromatic nitrogens is 3. The van der Waals surface area contributed by atoms with Gasteiger partial charge in [0.2, 0.25) is 11.7 Å². The summed E-state index contributed by atoms with van der Waals surface area (Å²) < 4.78 is 6.89. The lowest BCUT2D eigenvalue weighted by atomic mass is 9.88. The van der Waals surface area contributed by atoms with Gasteiger partial charge in [-0.3, -0.25) is 9.78 Å². The molecule has 20 heavy (non-hydrogen) atoms. The van der Waals surface area contributed by atoms with E-state index < -0.39 is 0 Å². The van der Waals surface area contributed by atoms with Crippen molar-refractivity contribution in [2.24, 2.45) is 0 Å². The monoisotopic (exact) mass is 399 g/mol. The minimum Gasteiger partial charge on any atom is -0.338 e. The van der Waals surface area contributed by atoms with Crippen LogP contribution in [0.3, 0.4) is 0 Å². The van der Waals surface area contributed by atoms with Crippen LogP contribution < -0.4 is 0 Å². The average molecular weight is 401 g/mol. The summed E-state index contributed by atoms with van der Waals surface area (Å²) in [5.74, 6) is 0.743. The van der Waals surface area contributed by atoms with E-state index in [1.165, 1.54) is 0 Å². The van der Waals surface area contributed by atoms with Crippen molar-refractivity contribution in [1.29, 1.82) is 0 Å². The molecule has 1 saturated carbocycles. The molecule has 7 heteroatoms. The normalized spacial score (nSPS) is 19.3. The van der Waals surface area contributed by atoms with Crippen molar-refractivity contribution in [3.8, 4) is 11.5 Å². The van der Waals surface area contributed by atoms with Crippen LogP contribution in [0.15, 0.2) is 25.7 Å². The van der Waals surface area contributed by atoms with E-state index in [1.807, 2.05) is 6.07 Å². The molecule has 0 aromatic carbocycles. The van der Waals surface area contributed by atoms with Crippen LogP contribution in [0.25, 0.3) is 11.5 Å². The smallest absolute Gasteiger partial charge is 0.237 e. The molecular formula is C13H11Br2N3O2. The fourth-order valence-corrected chi connectivity index (χ4v) is 3.46. The minimum atomic E-state index is -0.251. The predicted octanol–water partition coefficient (Wildman–Crippen LogP) is 3.88. The molecule has 0 amide bonds. The third kappa shape index (κ3) is 2.69. The Labute approximate surface area is 132 Å². The number of carbonyl (C=O) groups excluding carboxylic acids is 1. The van der Waals surface area contributed by atoms with E-state index in [-0.39, 0.29) is 11.7 Å². The fraction of sp³-hybridized carbons (Fsp3) is 0.385. The summed E-state index contributed by atoms with van der Waals surface area (Å²) in [6, 6.07) is 1.87. The number of ketones is 1. The third-order valence-corrected chi connectivity index (χ3v) is 4.35. The van der Waals surface area contributed by atoms with Crippen molar-refractivity contribution < 1.29 is 9.32 Å². The molecule has 5 nitrogen and oxygen atoms in total. The maximum atomic E-state index is 11.9. The van der Waals surface area contributed by atoms with E-state index in [0.29, 0.717) is 23.8 Å². The van der Waals surface area contributed by atoms with Gasteiger partial charge in [-0.1, -0.05) is 11.6 Å². The zero-order valence-electron chi connectivity index (χ0n) is 10.5. The van der Waals surface area contributed by atoms with Crippen LogP contribution in [0, 0.1) is 0 Å². The molecular weight excluding hydrogens is 390 g/mol. The van der Waals surface area contributed by atoms with Crippen LogP contribution in [-0.2, 0) is 4.79 Å². The molecule has 2 aromatic heterocycles. The van der Waals surface area contributed by atoms with Gasteiger partial charge < -0.3 is 4.52 Å². The van der Waals surface area contributed by atoms with Crippen LogP contribution in [-0.4, -0.2) is 20.9 Å². The zero-order chi connectivity index (χ0) is 14.1. The third-order valence-electron chi connectivity index (χ3n) is 3.31. The number of carbonyl (C=O) groups is 1. The SMILES string of the molecule is O=C1CCCCC1c1nc(-c2ncc(Br)cc2Br)no1. The minimum absolute atomic E-state index is 0.189. The Bertz CT molecular complexity index is 657. The lowest BCUT2D eigenvalue weighted by molar-refractivity contribution is -0.122. The van der Waals surface area contributed by atoms with Gasteiger partial charge in [0, 0.05) is 21.6 Å². The lowest BCUT2D eigenvalue weighted by Gasteiger charge is -2.16. The van der Waals surface area contributed by atoms with Gasteiger partial charge in [0.1, 0.15) is 11.5 Å². The van der Waals surface area contributed by atoms with Crippen molar-refractivity contribution in [3.05, 3.63) is 27.1 Å². The highest BCUT2D eigenvalue weighted by molar-refractivity contribution is 9.11. The number of Topliss-reactive ketones (excluding diaryl/α,β-unsaturated/α-hetero) is 1. The molecule has 1 atom stereocenters. The molecule has 0 radical (unpaired) electrons. The second-order valence-electron chi connectivity index (χ2n) is 4.70. The molecule has 1 unspecified atom stereocenters. The number of pyridine rings is 1. The molecule has 3 rings (SSSR count). The Morgan fingerprint density at radius 1 is 1.30 bits per heavy atom. The quantitative estimate of drug-likeness (QED) is 0.764. The molecule has 0 N–H and O–H groups in total. The molecule has 2 aromatic rings. The van der Waals surface area contributed by atoms with Gasteiger partial charge in [-0.15, -0.1) is 0 Å². The second kappa shape index (κ2) is 5.73. The Morgan fingerprint density at radius 2 is 2.15 bits per heavy atom. The van der Waals surface area contributed by atoms with Crippen LogP contribution in [0.4, 0.5) is 0 Å². The second-order valence-corrected chi connectivity index (χ2v) is 6.47. The molecule has 104 valence electrons. The van der Waals surface area contributed by atoms with Gasteiger partial charge in [0.05, 0.1) is 5.92 Å². The first-order valence-electron chi connectivity index (χ1n) is 6.33. The molecule has 2 heterocycles. The summed E-state index contributed by atoms with van der Waals surface area (Å²) in [5.41, 5.74) is 0.603. The highest BCUT2D eigenvalue weighted by Gasteiger charge is 2.29. The van der Waals surface area contributed by atoms with Gasteiger partial charge in [-0.2, -0.15) is 4.98 Å². The lowest BCUT2D eigenvalue weighted by Crippen LogP contribution is -2.17. The van der Waals surface area contributed by atoms with E-state index in [0.717, 1.165) is 28.2 Å². The average Bonchev–Trinajstić information content (AvgIpc) is 2.88. The summed E-state index contributed by atoms with van der Waals surface area (Å²) in [4.78, 5) is 20.5. The van der Waals surface area contributed by atoms with Gasteiger partial charge in [-0.25, -0.2) is 0 Å². The summed E-state index contributed by atoms with van der Waals surface area (Å²) in [7, 11) is 0. The van der Waals surface area contributed by atoms with Crippen LogP contribution in [0.5, 0.6) is 0 Å². The largest absolute Gasteiger partial charge is 0.338 e. The van der Waals surface area contributed by atoms with E-state index in [9.17, 15) is 4.79 Å². The first-order valence-corrected chi connectivity index (χ1v) is 7.91. The molecule has 1 aliphatic rings. The zero-order valence-corrected chi connectivity index (χ0v) is 13.6. The molecule has 0 saturated heterocycles. The van der Waals surface area contributed by atoms with Crippen LogP contribution in [0.1, 0.15) is 37.5 Å². The van der Waals surface area contributed by atoms with E-state index in [4.69, 9.17) is 4.52 Å².